The van der Waals surface area contributed by atoms with Gasteiger partial charge in [-0.1, -0.05) is 26.0 Å². The third-order valence-corrected chi connectivity index (χ3v) is 4.94. The number of carbonyl (C=O) groups is 2. The third-order valence-electron chi connectivity index (χ3n) is 4.94. The zero-order valence-electron chi connectivity index (χ0n) is 12.8. The second kappa shape index (κ2) is 5.16. The predicted octanol–water partition coefficient (Wildman–Crippen LogP) is 2.74. The van der Waals surface area contributed by atoms with Crippen LogP contribution in [0.1, 0.15) is 30.6 Å². The molecule has 1 aliphatic heterocycles. The van der Waals surface area contributed by atoms with Gasteiger partial charge in [-0.05, 0) is 24.5 Å². The van der Waals surface area contributed by atoms with Crippen molar-refractivity contribution >= 4 is 22.8 Å². The lowest BCUT2D eigenvalue weighted by Gasteiger charge is -2.28. The van der Waals surface area contributed by atoms with E-state index in [0.717, 1.165) is 10.9 Å². The summed E-state index contributed by atoms with van der Waals surface area (Å²) in [5, 5.41) is 10.6. The Balaban J connectivity index is 1.91. The average molecular weight is 300 g/mol. The molecule has 1 fully saturated rings. The van der Waals surface area contributed by atoms with Gasteiger partial charge >= 0.3 is 5.97 Å². The highest BCUT2D eigenvalue weighted by molar-refractivity contribution is 6.06. The molecule has 1 amide bonds. The van der Waals surface area contributed by atoms with Crippen molar-refractivity contribution in [1.29, 1.82) is 0 Å². The van der Waals surface area contributed by atoms with E-state index in [0.29, 0.717) is 18.5 Å². The van der Waals surface area contributed by atoms with Gasteiger partial charge in [0, 0.05) is 24.7 Å². The second-order valence-electron chi connectivity index (χ2n) is 6.34. The van der Waals surface area contributed by atoms with Crippen LogP contribution < -0.4 is 0 Å². The van der Waals surface area contributed by atoms with E-state index >= 15 is 0 Å². The number of H-pyrrole nitrogens is 1. The van der Waals surface area contributed by atoms with Crippen molar-refractivity contribution in [3.8, 4) is 0 Å². The first-order valence-electron chi connectivity index (χ1n) is 7.54. The fourth-order valence-electron chi connectivity index (χ4n) is 3.33. The number of hydrogen-bond donors (Lipinski definition) is 2. The first-order valence-corrected chi connectivity index (χ1v) is 7.54. The van der Waals surface area contributed by atoms with Gasteiger partial charge in [-0.25, -0.2) is 0 Å². The molecule has 1 aromatic heterocycles. The van der Waals surface area contributed by atoms with E-state index in [1.807, 2.05) is 32.0 Å². The number of aromatic nitrogens is 1. The van der Waals surface area contributed by atoms with Crippen LogP contribution in [0.25, 0.3) is 10.9 Å². The number of likely N-dealkylation sites (tertiary alicyclic amines) is 1. The van der Waals surface area contributed by atoms with Crippen LogP contribution >= 0.6 is 0 Å². The molecule has 2 heterocycles. The highest BCUT2D eigenvalue weighted by Crippen LogP contribution is 2.39. The van der Waals surface area contributed by atoms with E-state index in [1.165, 1.54) is 0 Å². The molecule has 0 aliphatic carbocycles. The minimum Gasteiger partial charge on any atom is -0.481 e. The summed E-state index contributed by atoms with van der Waals surface area (Å²) in [7, 11) is 0. The molecule has 116 valence electrons. The first-order chi connectivity index (χ1) is 10.5. The van der Waals surface area contributed by atoms with E-state index in [4.69, 9.17) is 0 Å². The third kappa shape index (κ3) is 2.08. The van der Waals surface area contributed by atoms with Crippen LogP contribution in [0, 0.1) is 11.3 Å². The fraction of sp³-hybridized carbons (Fsp3) is 0.412. The quantitative estimate of drug-likeness (QED) is 0.915. The number of amides is 1. The topological polar surface area (TPSA) is 73.4 Å². The lowest BCUT2D eigenvalue weighted by Crippen LogP contribution is -2.40. The summed E-state index contributed by atoms with van der Waals surface area (Å²) in [4.78, 5) is 29.3. The number of para-hydroxylation sites is 1. The highest BCUT2D eigenvalue weighted by Gasteiger charge is 2.48. The highest BCUT2D eigenvalue weighted by atomic mass is 16.4. The molecule has 2 aromatic rings. The van der Waals surface area contributed by atoms with E-state index < -0.39 is 11.4 Å². The Bertz CT molecular complexity index is 734. The summed E-state index contributed by atoms with van der Waals surface area (Å²) in [5.74, 6) is -0.920. The van der Waals surface area contributed by atoms with Crippen molar-refractivity contribution in [3.05, 3.63) is 36.0 Å². The molecule has 1 atom stereocenters. The molecule has 0 spiro atoms. The standard InChI is InChI=1S/C17H20N2O3/c1-11(2)17(16(21)22)7-9-19(10-17)15(20)13-5-3-4-12-6-8-18-14(12)13/h3-6,8,11,18H,7,9-10H2,1-2H3,(H,21,22). The Hall–Kier alpha value is -2.30. The minimum absolute atomic E-state index is 0.0101. The Kier molecular flexibility index (Phi) is 3.43. The molecule has 3 rings (SSSR count). The predicted molar refractivity (Wildman–Crippen MR) is 83.7 cm³/mol. The number of nitrogens with zero attached hydrogens (tertiary/aromatic N) is 1. The lowest BCUT2D eigenvalue weighted by molar-refractivity contribution is -0.150. The lowest BCUT2D eigenvalue weighted by atomic mass is 9.76. The second-order valence-corrected chi connectivity index (χ2v) is 6.34. The van der Waals surface area contributed by atoms with Gasteiger partial charge in [-0.15, -0.1) is 0 Å². The Morgan fingerprint density at radius 3 is 2.73 bits per heavy atom. The smallest absolute Gasteiger partial charge is 0.311 e. The molecule has 22 heavy (non-hydrogen) atoms. The molecular formula is C17H20N2O3. The van der Waals surface area contributed by atoms with Gasteiger partial charge in [0.05, 0.1) is 16.5 Å². The first kappa shape index (κ1) is 14.6. The minimum atomic E-state index is -0.834. The number of carboxylic acid groups (broad SMARTS) is 1. The SMILES string of the molecule is CC(C)C1(C(=O)O)CCN(C(=O)c2cccc3cc[nH]c23)C1. The number of nitrogens with one attached hydrogen (secondary N) is 1. The molecular weight excluding hydrogens is 280 g/mol. The van der Waals surface area contributed by atoms with Crippen LogP contribution in [-0.2, 0) is 4.79 Å². The number of benzene rings is 1. The molecule has 5 heteroatoms. The average Bonchev–Trinajstić information content (AvgIpc) is 3.13. The largest absolute Gasteiger partial charge is 0.481 e. The molecule has 1 aromatic carbocycles. The Morgan fingerprint density at radius 1 is 1.32 bits per heavy atom. The molecule has 2 N–H and O–H groups in total. The number of aromatic amines is 1. The summed E-state index contributed by atoms with van der Waals surface area (Å²) < 4.78 is 0. The van der Waals surface area contributed by atoms with Gasteiger partial charge in [0.25, 0.3) is 5.91 Å². The Morgan fingerprint density at radius 2 is 2.09 bits per heavy atom. The van der Waals surface area contributed by atoms with E-state index in [-0.39, 0.29) is 18.4 Å². The van der Waals surface area contributed by atoms with Crippen molar-refractivity contribution in [2.75, 3.05) is 13.1 Å². The van der Waals surface area contributed by atoms with Crippen molar-refractivity contribution in [1.82, 2.24) is 9.88 Å². The number of aliphatic carboxylic acids is 1. The number of hydrogen-bond acceptors (Lipinski definition) is 2. The van der Waals surface area contributed by atoms with Crippen LogP contribution in [0.15, 0.2) is 30.5 Å². The van der Waals surface area contributed by atoms with Crippen molar-refractivity contribution < 1.29 is 14.7 Å². The van der Waals surface area contributed by atoms with Crippen LogP contribution in [0.5, 0.6) is 0 Å². The van der Waals surface area contributed by atoms with E-state index in [9.17, 15) is 14.7 Å². The number of fused-ring (bicyclic) bond motifs is 1. The van der Waals surface area contributed by atoms with Gasteiger partial charge in [-0.2, -0.15) is 0 Å². The molecule has 0 saturated carbocycles. The summed E-state index contributed by atoms with van der Waals surface area (Å²) in [6.45, 7) is 4.58. The van der Waals surface area contributed by atoms with Crippen molar-refractivity contribution in [3.63, 3.8) is 0 Å². The van der Waals surface area contributed by atoms with Gasteiger partial charge in [0.1, 0.15) is 0 Å². The summed E-state index contributed by atoms with van der Waals surface area (Å²) in [6.07, 6.45) is 2.31. The molecule has 0 bridgehead atoms. The maximum Gasteiger partial charge on any atom is 0.311 e. The van der Waals surface area contributed by atoms with E-state index in [1.54, 1.807) is 17.2 Å². The number of carboxylic acids is 1. The van der Waals surface area contributed by atoms with Gasteiger partial charge < -0.3 is 15.0 Å². The zero-order chi connectivity index (χ0) is 15.9. The zero-order valence-corrected chi connectivity index (χ0v) is 12.8. The molecule has 1 saturated heterocycles. The maximum atomic E-state index is 12.8. The van der Waals surface area contributed by atoms with Crippen LogP contribution in [0.4, 0.5) is 0 Å². The molecule has 1 aliphatic rings. The van der Waals surface area contributed by atoms with Crippen LogP contribution in [0.2, 0.25) is 0 Å². The monoisotopic (exact) mass is 300 g/mol. The molecule has 0 radical (unpaired) electrons. The van der Waals surface area contributed by atoms with E-state index in [2.05, 4.69) is 4.98 Å². The number of rotatable bonds is 3. The van der Waals surface area contributed by atoms with Crippen molar-refractivity contribution in [2.24, 2.45) is 11.3 Å². The van der Waals surface area contributed by atoms with Crippen LogP contribution in [-0.4, -0.2) is 40.0 Å². The van der Waals surface area contributed by atoms with Gasteiger partial charge in [0.2, 0.25) is 0 Å². The summed E-state index contributed by atoms with van der Waals surface area (Å²) in [5.41, 5.74) is 0.580. The van der Waals surface area contributed by atoms with Crippen molar-refractivity contribution in [2.45, 2.75) is 20.3 Å². The van der Waals surface area contributed by atoms with Gasteiger partial charge in [-0.3, -0.25) is 9.59 Å². The van der Waals surface area contributed by atoms with Gasteiger partial charge in [0.15, 0.2) is 0 Å². The Labute approximate surface area is 128 Å². The molecule has 1 unspecified atom stereocenters. The maximum absolute atomic E-state index is 12.8. The van der Waals surface area contributed by atoms with Crippen LogP contribution in [0.3, 0.4) is 0 Å². The number of carbonyl (C=O) groups excluding carboxylic acids is 1. The normalized spacial score (nSPS) is 21.7. The molecule has 5 nitrogen and oxygen atoms in total. The fourth-order valence-corrected chi connectivity index (χ4v) is 3.33. The summed E-state index contributed by atoms with van der Waals surface area (Å²) >= 11 is 0. The summed E-state index contributed by atoms with van der Waals surface area (Å²) in [6, 6.07) is 7.51.